The van der Waals surface area contributed by atoms with Crippen LogP contribution in [-0.4, -0.2) is 8.75 Å². The van der Waals surface area contributed by atoms with Gasteiger partial charge in [0.05, 0.1) is 11.7 Å². The van der Waals surface area contributed by atoms with Gasteiger partial charge in [0, 0.05) is 10.0 Å². The number of fused-ring (bicyclic) bond motifs is 1. The molecule has 1 aromatic carbocycles. The summed E-state index contributed by atoms with van der Waals surface area (Å²) in [5.41, 5.74) is 6.14. The number of nitrogens with zero attached hydrogens (tertiary/aromatic N) is 2. The van der Waals surface area contributed by atoms with Crippen molar-refractivity contribution in [2.24, 2.45) is 5.41 Å². The van der Waals surface area contributed by atoms with E-state index in [1.807, 2.05) is 0 Å². The molecule has 0 fully saturated rings. The van der Waals surface area contributed by atoms with Crippen LogP contribution in [0.1, 0.15) is 32.8 Å². The fraction of sp³-hybridized carbons (Fsp3) is 0.333. The number of rotatable bonds is 1. The standard InChI is InChI=1S/C15H15BrN2S/c1-15(2,3)10-5-4-9(8-10)11-6-7-12(16)14-13(11)17-19-18-14/h5-8H,4H2,1-3H3. The Labute approximate surface area is 125 Å². The maximum atomic E-state index is 4.45. The first-order valence-corrected chi connectivity index (χ1v) is 7.81. The summed E-state index contributed by atoms with van der Waals surface area (Å²) in [4.78, 5) is 0. The molecule has 19 heavy (non-hydrogen) atoms. The third-order valence-corrected chi connectivity index (χ3v) is 4.62. The molecule has 0 aliphatic heterocycles. The molecular weight excluding hydrogens is 320 g/mol. The Morgan fingerprint density at radius 2 is 1.89 bits per heavy atom. The molecule has 98 valence electrons. The van der Waals surface area contributed by atoms with Gasteiger partial charge in [0.1, 0.15) is 11.0 Å². The molecule has 0 N–H and O–H groups in total. The number of halogens is 1. The lowest BCUT2D eigenvalue weighted by Crippen LogP contribution is -2.05. The molecule has 0 saturated heterocycles. The quantitative estimate of drug-likeness (QED) is 0.715. The van der Waals surface area contributed by atoms with E-state index < -0.39 is 0 Å². The van der Waals surface area contributed by atoms with Crippen LogP contribution in [0, 0.1) is 5.41 Å². The second-order valence-electron chi connectivity index (χ2n) is 5.84. The molecule has 0 amide bonds. The van der Waals surface area contributed by atoms with Gasteiger partial charge in [-0.2, -0.15) is 8.75 Å². The van der Waals surface area contributed by atoms with Gasteiger partial charge in [-0.05, 0) is 45.0 Å². The predicted octanol–water partition coefficient (Wildman–Crippen LogP) is 5.21. The first-order valence-electron chi connectivity index (χ1n) is 6.29. The number of hydrogen-bond donors (Lipinski definition) is 0. The van der Waals surface area contributed by atoms with Crippen LogP contribution in [0.3, 0.4) is 0 Å². The Bertz CT molecular complexity index is 704. The van der Waals surface area contributed by atoms with Crippen molar-refractivity contribution in [3.8, 4) is 0 Å². The SMILES string of the molecule is CC(C)(C)C1=CCC(c2ccc(Br)c3nsnc23)=C1. The predicted molar refractivity (Wildman–Crippen MR) is 85.2 cm³/mol. The monoisotopic (exact) mass is 334 g/mol. The Balaban J connectivity index is 2.09. The van der Waals surface area contributed by atoms with Crippen LogP contribution in [0.4, 0.5) is 0 Å². The zero-order chi connectivity index (χ0) is 13.6. The Kier molecular flexibility index (Phi) is 3.10. The second-order valence-corrected chi connectivity index (χ2v) is 7.22. The Hall–Kier alpha value is -1.00. The summed E-state index contributed by atoms with van der Waals surface area (Å²) in [6, 6.07) is 4.20. The molecule has 2 aromatic rings. The van der Waals surface area contributed by atoms with Gasteiger partial charge >= 0.3 is 0 Å². The first kappa shape index (κ1) is 13.0. The van der Waals surface area contributed by atoms with Crippen LogP contribution in [0.2, 0.25) is 0 Å². The molecule has 2 nitrogen and oxygen atoms in total. The molecule has 3 rings (SSSR count). The zero-order valence-electron chi connectivity index (χ0n) is 11.2. The van der Waals surface area contributed by atoms with Crippen molar-refractivity contribution in [1.29, 1.82) is 0 Å². The van der Waals surface area contributed by atoms with E-state index in [9.17, 15) is 0 Å². The molecule has 4 heteroatoms. The lowest BCUT2D eigenvalue weighted by molar-refractivity contribution is 0.518. The van der Waals surface area contributed by atoms with Crippen molar-refractivity contribution >= 4 is 44.3 Å². The maximum absolute atomic E-state index is 4.45. The van der Waals surface area contributed by atoms with Crippen molar-refractivity contribution in [3.63, 3.8) is 0 Å². The van der Waals surface area contributed by atoms with Crippen molar-refractivity contribution in [3.05, 3.63) is 39.9 Å². The third kappa shape index (κ3) is 2.28. The molecule has 1 aliphatic rings. The van der Waals surface area contributed by atoms with E-state index in [-0.39, 0.29) is 5.41 Å². The summed E-state index contributed by atoms with van der Waals surface area (Å²) in [5, 5.41) is 0. The van der Waals surface area contributed by atoms with E-state index in [0.29, 0.717) is 0 Å². The van der Waals surface area contributed by atoms with Gasteiger partial charge in [0.25, 0.3) is 0 Å². The zero-order valence-corrected chi connectivity index (χ0v) is 13.6. The first-order chi connectivity index (χ1) is 8.97. The van der Waals surface area contributed by atoms with E-state index in [4.69, 9.17) is 0 Å². The van der Waals surface area contributed by atoms with Gasteiger partial charge in [-0.15, -0.1) is 0 Å². The van der Waals surface area contributed by atoms with E-state index in [1.165, 1.54) is 28.4 Å². The van der Waals surface area contributed by atoms with Gasteiger partial charge in [0.15, 0.2) is 0 Å². The maximum Gasteiger partial charge on any atom is 0.119 e. The summed E-state index contributed by atoms with van der Waals surface area (Å²) < 4.78 is 9.82. The van der Waals surface area contributed by atoms with Gasteiger partial charge in [0.2, 0.25) is 0 Å². The van der Waals surface area contributed by atoms with E-state index in [1.54, 1.807) is 0 Å². The van der Waals surface area contributed by atoms with Crippen molar-refractivity contribution in [2.45, 2.75) is 27.2 Å². The van der Waals surface area contributed by atoms with Gasteiger partial charge in [-0.1, -0.05) is 39.0 Å². The molecule has 1 aromatic heterocycles. The van der Waals surface area contributed by atoms with Crippen LogP contribution < -0.4 is 0 Å². The molecular formula is C15H15BrN2S. The highest BCUT2D eigenvalue weighted by Crippen LogP contribution is 2.38. The molecule has 1 aliphatic carbocycles. The van der Waals surface area contributed by atoms with Crippen LogP contribution in [0.5, 0.6) is 0 Å². The summed E-state index contributed by atoms with van der Waals surface area (Å²) in [6.07, 6.45) is 5.62. The largest absolute Gasteiger partial charge is 0.172 e. The minimum Gasteiger partial charge on any atom is -0.172 e. The average molecular weight is 335 g/mol. The topological polar surface area (TPSA) is 25.8 Å². The summed E-state index contributed by atoms with van der Waals surface area (Å²) in [6.45, 7) is 6.75. The summed E-state index contributed by atoms with van der Waals surface area (Å²) in [7, 11) is 0. The smallest absolute Gasteiger partial charge is 0.119 e. The molecule has 0 atom stereocenters. The molecule has 0 saturated carbocycles. The summed E-state index contributed by atoms with van der Waals surface area (Å²) in [5.74, 6) is 0. The fourth-order valence-electron chi connectivity index (χ4n) is 2.33. The number of benzene rings is 1. The number of aromatic nitrogens is 2. The Morgan fingerprint density at radius 3 is 2.58 bits per heavy atom. The second kappa shape index (κ2) is 4.53. The highest BCUT2D eigenvalue weighted by atomic mass is 79.9. The van der Waals surface area contributed by atoms with Crippen LogP contribution >= 0.6 is 27.7 Å². The molecule has 0 bridgehead atoms. The highest BCUT2D eigenvalue weighted by molar-refractivity contribution is 9.10. The van der Waals surface area contributed by atoms with Crippen molar-refractivity contribution < 1.29 is 0 Å². The van der Waals surface area contributed by atoms with Gasteiger partial charge in [-0.3, -0.25) is 0 Å². The molecule has 0 radical (unpaired) electrons. The third-order valence-electron chi connectivity index (χ3n) is 3.45. The molecule has 0 unspecified atom stereocenters. The van der Waals surface area contributed by atoms with Crippen LogP contribution in [0.15, 0.2) is 34.3 Å². The van der Waals surface area contributed by atoms with E-state index in [0.717, 1.165) is 21.9 Å². The lowest BCUT2D eigenvalue weighted by Gasteiger charge is -2.18. The summed E-state index contributed by atoms with van der Waals surface area (Å²) >= 11 is 4.81. The van der Waals surface area contributed by atoms with E-state index >= 15 is 0 Å². The van der Waals surface area contributed by atoms with Gasteiger partial charge in [-0.25, -0.2) is 0 Å². The van der Waals surface area contributed by atoms with Crippen LogP contribution in [-0.2, 0) is 0 Å². The van der Waals surface area contributed by atoms with Gasteiger partial charge < -0.3 is 0 Å². The Morgan fingerprint density at radius 1 is 1.16 bits per heavy atom. The normalized spacial score (nSPS) is 15.8. The molecule has 0 spiro atoms. The highest BCUT2D eigenvalue weighted by Gasteiger charge is 2.21. The lowest BCUT2D eigenvalue weighted by atomic mass is 9.87. The van der Waals surface area contributed by atoms with Crippen LogP contribution in [0.25, 0.3) is 16.6 Å². The minimum absolute atomic E-state index is 0.205. The number of hydrogen-bond acceptors (Lipinski definition) is 3. The number of allylic oxidation sites excluding steroid dienone is 4. The van der Waals surface area contributed by atoms with Crippen molar-refractivity contribution in [1.82, 2.24) is 8.75 Å². The fourth-order valence-corrected chi connectivity index (χ4v) is 3.43. The van der Waals surface area contributed by atoms with Crippen molar-refractivity contribution in [2.75, 3.05) is 0 Å². The average Bonchev–Trinajstić information content (AvgIpc) is 2.97. The molecule has 1 heterocycles. The van der Waals surface area contributed by atoms with E-state index in [2.05, 4.69) is 69.7 Å². The minimum atomic E-state index is 0.205.